The van der Waals surface area contributed by atoms with E-state index in [1.54, 1.807) is 21.3 Å². The number of hydrogen-bond acceptors (Lipinski definition) is 5. The van der Waals surface area contributed by atoms with Crippen LogP contribution in [0.2, 0.25) is 0 Å². The monoisotopic (exact) mass is 488 g/mol. The van der Waals surface area contributed by atoms with Crippen LogP contribution in [-0.2, 0) is 24.2 Å². The fraction of sp³-hybridized carbons (Fsp3) is 0.310. The molecule has 1 aliphatic rings. The Labute approximate surface area is 212 Å². The van der Waals surface area contributed by atoms with Gasteiger partial charge in [-0.15, -0.1) is 0 Å². The number of fused-ring (bicyclic) bond motifs is 1. The van der Waals surface area contributed by atoms with E-state index in [0.29, 0.717) is 48.7 Å². The first kappa shape index (κ1) is 25.1. The normalized spacial score (nSPS) is 12.2. The molecule has 4 rings (SSSR count). The number of carbonyl (C=O) groups excluding carboxylic acids is 2. The maximum Gasteiger partial charge on any atom is 0.258 e. The molecule has 188 valence electrons. The Morgan fingerprint density at radius 1 is 0.917 bits per heavy atom. The summed E-state index contributed by atoms with van der Waals surface area (Å²) in [6.45, 7) is 3.08. The minimum absolute atomic E-state index is 0.0188. The van der Waals surface area contributed by atoms with Crippen LogP contribution < -0.4 is 24.4 Å². The molecule has 2 amide bonds. The van der Waals surface area contributed by atoms with Crippen molar-refractivity contribution in [2.75, 3.05) is 32.8 Å². The van der Waals surface area contributed by atoms with Gasteiger partial charge in [-0.05, 0) is 66.8 Å². The van der Waals surface area contributed by atoms with E-state index in [9.17, 15) is 9.59 Å². The number of carbonyl (C=O) groups is 2. The van der Waals surface area contributed by atoms with Gasteiger partial charge in [0.15, 0.2) is 11.5 Å². The van der Waals surface area contributed by atoms with Gasteiger partial charge in [0.1, 0.15) is 0 Å². The van der Waals surface area contributed by atoms with E-state index in [2.05, 4.69) is 11.4 Å². The number of amides is 2. The Kier molecular flexibility index (Phi) is 7.78. The van der Waals surface area contributed by atoms with Gasteiger partial charge in [0, 0.05) is 30.8 Å². The van der Waals surface area contributed by atoms with Gasteiger partial charge in [-0.25, -0.2) is 0 Å². The number of nitrogens with zero attached hydrogens (tertiary/aromatic N) is 1. The molecule has 1 N–H and O–H groups in total. The highest BCUT2D eigenvalue weighted by atomic mass is 16.5. The van der Waals surface area contributed by atoms with Gasteiger partial charge in [-0.2, -0.15) is 0 Å². The average Bonchev–Trinajstić information content (AvgIpc) is 3.32. The number of rotatable bonds is 9. The lowest BCUT2D eigenvalue weighted by molar-refractivity contribution is -0.121. The SMILES string of the molecule is COc1cc(CCC(=O)NCc2ccc3c(c2)CCN3C(=O)c2cccc(C)c2)cc(OC)c1OC. The van der Waals surface area contributed by atoms with Crippen molar-refractivity contribution >= 4 is 17.5 Å². The summed E-state index contributed by atoms with van der Waals surface area (Å²) < 4.78 is 16.1. The largest absolute Gasteiger partial charge is 0.493 e. The Hall–Kier alpha value is -4.00. The van der Waals surface area contributed by atoms with Gasteiger partial charge < -0.3 is 24.4 Å². The van der Waals surface area contributed by atoms with E-state index >= 15 is 0 Å². The first-order chi connectivity index (χ1) is 17.4. The molecule has 0 radical (unpaired) electrons. The lowest BCUT2D eigenvalue weighted by Gasteiger charge is -2.18. The molecule has 0 spiro atoms. The summed E-state index contributed by atoms with van der Waals surface area (Å²) in [6, 6.07) is 17.4. The predicted octanol–water partition coefficient (Wildman–Crippen LogP) is 4.47. The summed E-state index contributed by atoms with van der Waals surface area (Å²) in [7, 11) is 4.70. The topological polar surface area (TPSA) is 77.1 Å². The van der Waals surface area contributed by atoms with Crippen LogP contribution >= 0.6 is 0 Å². The number of benzene rings is 3. The van der Waals surface area contributed by atoms with Gasteiger partial charge in [0.05, 0.1) is 21.3 Å². The second-order valence-corrected chi connectivity index (χ2v) is 8.85. The van der Waals surface area contributed by atoms with Crippen molar-refractivity contribution in [1.82, 2.24) is 5.32 Å². The van der Waals surface area contributed by atoms with Crippen molar-refractivity contribution in [2.24, 2.45) is 0 Å². The molecule has 0 aliphatic carbocycles. The summed E-state index contributed by atoms with van der Waals surface area (Å²) >= 11 is 0. The van der Waals surface area contributed by atoms with Crippen LogP contribution in [0, 0.1) is 6.92 Å². The fourth-order valence-electron chi connectivity index (χ4n) is 4.54. The highest BCUT2D eigenvalue weighted by molar-refractivity contribution is 6.07. The van der Waals surface area contributed by atoms with E-state index in [1.165, 1.54) is 0 Å². The van der Waals surface area contributed by atoms with E-state index in [-0.39, 0.29) is 11.8 Å². The fourth-order valence-corrected chi connectivity index (χ4v) is 4.54. The van der Waals surface area contributed by atoms with Crippen molar-refractivity contribution in [3.05, 3.63) is 82.4 Å². The number of nitrogens with one attached hydrogen (secondary N) is 1. The smallest absolute Gasteiger partial charge is 0.258 e. The maximum absolute atomic E-state index is 13.0. The molecule has 1 heterocycles. The summed E-state index contributed by atoms with van der Waals surface area (Å²) in [5.41, 5.74) is 5.78. The lowest BCUT2D eigenvalue weighted by atomic mass is 10.1. The first-order valence-electron chi connectivity index (χ1n) is 12.0. The quantitative estimate of drug-likeness (QED) is 0.481. The Bertz CT molecular complexity index is 1250. The molecule has 0 aromatic heterocycles. The van der Waals surface area contributed by atoms with E-state index in [1.807, 2.05) is 60.4 Å². The Balaban J connectivity index is 1.34. The molecule has 0 saturated carbocycles. The van der Waals surface area contributed by atoms with Crippen molar-refractivity contribution in [2.45, 2.75) is 32.7 Å². The minimum atomic E-state index is -0.0412. The van der Waals surface area contributed by atoms with E-state index in [4.69, 9.17) is 14.2 Å². The van der Waals surface area contributed by atoms with Crippen LogP contribution in [0.1, 0.15) is 39.0 Å². The maximum atomic E-state index is 13.0. The number of aryl methyl sites for hydroxylation is 2. The summed E-state index contributed by atoms with van der Waals surface area (Å²) in [5.74, 6) is 1.65. The second-order valence-electron chi connectivity index (χ2n) is 8.85. The zero-order chi connectivity index (χ0) is 25.7. The van der Waals surface area contributed by atoms with Crippen molar-refractivity contribution in [3.63, 3.8) is 0 Å². The van der Waals surface area contributed by atoms with Crippen LogP contribution in [-0.4, -0.2) is 39.7 Å². The van der Waals surface area contributed by atoms with E-state index < -0.39 is 0 Å². The molecule has 3 aromatic rings. The lowest BCUT2D eigenvalue weighted by Crippen LogP contribution is -2.28. The number of anilines is 1. The van der Waals surface area contributed by atoms with Crippen LogP contribution in [0.15, 0.2) is 54.6 Å². The summed E-state index contributed by atoms with van der Waals surface area (Å²) in [6.07, 6.45) is 1.68. The minimum Gasteiger partial charge on any atom is -0.493 e. The molecule has 0 atom stereocenters. The van der Waals surface area contributed by atoms with Gasteiger partial charge in [-0.3, -0.25) is 9.59 Å². The molecular formula is C29H32N2O5. The van der Waals surface area contributed by atoms with Crippen LogP contribution in [0.25, 0.3) is 0 Å². The number of hydrogen-bond donors (Lipinski definition) is 1. The molecule has 0 saturated heterocycles. The van der Waals surface area contributed by atoms with Gasteiger partial charge in [0.2, 0.25) is 11.7 Å². The van der Waals surface area contributed by atoms with Crippen molar-refractivity contribution in [1.29, 1.82) is 0 Å². The summed E-state index contributed by atoms with van der Waals surface area (Å²) in [4.78, 5) is 27.4. The highest BCUT2D eigenvalue weighted by Crippen LogP contribution is 2.38. The summed E-state index contributed by atoms with van der Waals surface area (Å²) in [5, 5.41) is 3.00. The van der Waals surface area contributed by atoms with Crippen molar-refractivity contribution in [3.8, 4) is 17.2 Å². The highest BCUT2D eigenvalue weighted by Gasteiger charge is 2.25. The van der Waals surface area contributed by atoms with Gasteiger partial charge in [-0.1, -0.05) is 29.8 Å². The Morgan fingerprint density at radius 3 is 2.33 bits per heavy atom. The average molecular weight is 489 g/mol. The molecule has 7 heteroatoms. The predicted molar refractivity (Wildman–Crippen MR) is 139 cm³/mol. The number of ether oxygens (including phenoxy) is 3. The van der Waals surface area contributed by atoms with Crippen LogP contribution in [0.5, 0.6) is 17.2 Å². The standard InChI is InChI=1S/C29H32N2O5/c1-19-6-5-7-23(14-19)29(33)31-13-12-22-15-21(8-10-24(22)31)18-30-27(32)11-9-20-16-25(34-2)28(36-4)26(17-20)35-3/h5-8,10,14-17H,9,11-13,18H2,1-4H3,(H,30,32). The van der Waals surface area contributed by atoms with Crippen LogP contribution in [0.3, 0.4) is 0 Å². The third-order valence-electron chi connectivity index (χ3n) is 6.40. The third kappa shape index (κ3) is 5.46. The zero-order valence-electron chi connectivity index (χ0n) is 21.2. The first-order valence-corrected chi connectivity index (χ1v) is 12.0. The third-order valence-corrected chi connectivity index (χ3v) is 6.40. The Morgan fingerprint density at radius 2 is 1.67 bits per heavy atom. The number of methoxy groups -OCH3 is 3. The van der Waals surface area contributed by atoms with Gasteiger partial charge in [0.25, 0.3) is 5.91 Å². The molecule has 0 fully saturated rings. The van der Waals surface area contributed by atoms with E-state index in [0.717, 1.165) is 34.4 Å². The molecule has 7 nitrogen and oxygen atoms in total. The van der Waals surface area contributed by atoms with Gasteiger partial charge >= 0.3 is 0 Å². The molecule has 36 heavy (non-hydrogen) atoms. The van der Waals surface area contributed by atoms with Crippen LogP contribution in [0.4, 0.5) is 5.69 Å². The molecule has 0 unspecified atom stereocenters. The second kappa shape index (κ2) is 11.2. The van der Waals surface area contributed by atoms with Crippen molar-refractivity contribution < 1.29 is 23.8 Å². The molecule has 3 aromatic carbocycles. The molecule has 1 aliphatic heterocycles. The molecule has 0 bridgehead atoms. The zero-order valence-corrected chi connectivity index (χ0v) is 21.2. The molecular weight excluding hydrogens is 456 g/mol.